The molecule has 0 saturated heterocycles. The molecule has 2 heterocycles. The van der Waals surface area contributed by atoms with Crippen molar-refractivity contribution in [3.63, 3.8) is 0 Å². The summed E-state index contributed by atoms with van der Waals surface area (Å²) in [6, 6.07) is 27.4. The zero-order valence-corrected chi connectivity index (χ0v) is 20.8. The van der Waals surface area contributed by atoms with E-state index in [4.69, 9.17) is 0 Å². The molecule has 1 aliphatic rings. The van der Waals surface area contributed by atoms with Crippen molar-refractivity contribution >= 4 is 73.2 Å². The molecule has 0 amide bonds. The fraction of sp³-hybridized carbons (Fsp3) is 0. The smallest absolute Gasteiger partial charge is 0.208 e. The first kappa shape index (κ1) is 22.2. The lowest BCUT2D eigenvalue weighted by atomic mass is 10.1. The molecule has 0 bridgehead atoms. The average Bonchev–Trinajstić information content (AvgIpc) is 3.24. The van der Waals surface area contributed by atoms with Crippen molar-refractivity contribution in [2.75, 3.05) is 0 Å². The summed E-state index contributed by atoms with van der Waals surface area (Å²) < 4.78 is 29.0. The van der Waals surface area contributed by atoms with Crippen molar-refractivity contribution < 1.29 is 13.9 Å². The number of halogens is 2. The fourth-order valence-corrected chi connectivity index (χ4v) is 8.20. The summed E-state index contributed by atoms with van der Waals surface area (Å²) >= 11 is 8.73. The van der Waals surface area contributed by atoms with Gasteiger partial charge in [0.2, 0.25) is 9.84 Å². The van der Waals surface area contributed by atoms with Crippen LogP contribution in [0.1, 0.15) is 0 Å². The van der Waals surface area contributed by atoms with Gasteiger partial charge in [-0.25, -0.2) is 8.42 Å². The highest BCUT2D eigenvalue weighted by Gasteiger charge is 2.34. The highest BCUT2D eigenvalue weighted by atomic mass is 79.9. The van der Waals surface area contributed by atoms with Crippen LogP contribution in [0.4, 0.5) is 0 Å². The average molecular weight is 576 g/mol. The zero-order chi connectivity index (χ0) is 20.9. The van der Waals surface area contributed by atoms with Crippen molar-refractivity contribution in [3.05, 3.63) is 93.9 Å². The van der Waals surface area contributed by atoms with E-state index in [0.29, 0.717) is 14.3 Å². The van der Waals surface area contributed by atoms with E-state index in [9.17, 15) is 8.42 Å². The molecule has 0 saturated carbocycles. The maximum atomic E-state index is 12.3. The van der Waals surface area contributed by atoms with Gasteiger partial charge in [-0.1, -0.05) is 60.7 Å². The lowest BCUT2D eigenvalue weighted by Crippen LogP contribution is -1.97. The number of rotatable bonds is 0. The molecule has 3 nitrogen and oxygen atoms in total. The normalized spacial score (nSPS) is 13.1. The van der Waals surface area contributed by atoms with Gasteiger partial charge in [0.25, 0.3) is 0 Å². The van der Waals surface area contributed by atoms with Gasteiger partial charge in [0, 0.05) is 40.2 Å². The second-order valence-electron chi connectivity index (χ2n) is 6.83. The Balaban J connectivity index is 0.000000146. The van der Waals surface area contributed by atoms with Crippen molar-refractivity contribution in [1.82, 2.24) is 0 Å². The Morgan fingerprint density at radius 1 is 0.645 bits per heavy atom. The van der Waals surface area contributed by atoms with Gasteiger partial charge < -0.3 is 5.48 Å². The molecule has 2 N–H and O–H groups in total. The van der Waals surface area contributed by atoms with Gasteiger partial charge >= 0.3 is 0 Å². The first-order chi connectivity index (χ1) is 14.5. The van der Waals surface area contributed by atoms with Crippen LogP contribution in [0.25, 0.3) is 31.3 Å². The van der Waals surface area contributed by atoms with Crippen molar-refractivity contribution in [3.8, 4) is 11.1 Å². The van der Waals surface area contributed by atoms with E-state index in [-0.39, 0.29) is 5.48 Å². The van der Waals surface area contributed by atoms with Gasteiger partial charge in [-0.2, -0.15) is 0 Å². The predicted molar refractivity (Wildman–Crippen MR) is 136 cm³/mol. The van der Waals surface area contributed by atoms with Crippen molar-refractivity contribution in [1.29, 1.82) is 0 Å². The summed E-state index contributed by atoms with van der Waals surface area (Å²) in [5.74, 6) is 0. The molecule has 4 aromatic carbocycles. The number of thiophene rings is 1. The van der Waals surface area contributed by atoms with Gasteiger partial charge in [-0.3, -0.25) is 0 Å². The molecule has 5 aromatic rings. The zero-order valence-electron chi connectivity index (χ0n) is 16.0. The van der Waals surface area contributed by atoms with Gasteiger partial charge in [0.1, 0.15) is 0 Å². The Morgan fingerprint density at radius 2 is 1.26 bits per heavy atom. The Bertz CT molecular complexity index is 1540. The maximum Gasteiger partial charge on any atom is 0.208 e. The van der Waals surface area contributed by atoms with Crippen LogP contribution < -0.4 is 0 Å². The van der Waals surface area contributed by atoms with Crippen LogP contribution in [0, 0.1) is 0 Å². The number of hydrogen-bond donors (Lipinski definition) is 0. The summed E-state index contributed by atoms with van der Waals surface area (Å²) in [6.07, 6.45) is 0. The fourth-order valence-electron chi connectivity index (χ4n) is 3.74. The van der Waals surface area contributed by atoms with Crippen LogP contribution in [0.3, 0.4) is 0 Å². The Labute approximate surface area is 200 Å². The minimum absolute atomic E-state index is 0. The molecule has 31 heavy (non-hydrogen) atoms. The first-order valence-corrected chi connectivity index (χ1v) is 13.1. The number of sulfone groups is 1. The highest BCUT2D eigenvalue weighted by molar-refractivity contribution is 9.11. The van der Waals surface area contributed by atoms with Crippen LogP contribution in [0.2, 0.25) is 0 Å². The molecule has 0 radical (unpaired) electrons. The number of hydrogen-bond acceptors (Lipinski definition) is 3. The standard InChI is InChI=1S/C12H7BrO2S.C12H7BrS.H2O/c13-10-6-3-5-9-8-4-1-2-7-11(8)16(14,15)12(9)10;13-10-6-3-5-9-8-4-1-2-7-11(8)14-12(9)10;/h1-7H;1-7H;1H2. The number of fused-ring (bicyclic) bond motifs is 6. The van der Waals surface area contributed by atoms with Crippen LogP contribution >= 0.6 is 43.2 Å². The van der Waals surface area contributed by atoms with E-state index in [2.05, 4.69) is 74.3 Å². The van der Waals surface area contributed by atoms with E-state index < -0.39 is 9.84 Å². The highest BCUT2D eigenvalue weighted by Crippen LogP contribution is 2.45. The molecule has 1 aliphatic heterocycles. The third-order valence-corrected chi connectivity index (χ3v) is 10.0. The van der Waals surface area contributed by atoms with E-state index >= 15 is 0 Å². The molecule has 0 fully saturated rings. The van der Waals surface area contributed by atoms with Crippen LogP contribution in [0.15, 0.2) is 104 Å². The third kappa shape index (κ3) is 3.64. The minimum atomic E-state index is -3.34. The monoisotopic (exact) mass is 574 g/mol. The summed E-state index contributed by atoms with van der Waals surface area (Å²) in [7, 11) is -3.34. The molecule has 1 aromatic heterocycles. The topological polar surface area (TPSA) is 65.6 Å². The van der Waals surface area contributed by atoms with Crippen LogP contribution in [-0.4, -0.2) is 13.9 Å². The molecule has 0 aliphatic carbocycles. The van der Waals surface area contributed by atoms with Gasteiger partial charge in [0.05, 0.1) is 9.79 Å². The van der Waals surface area contributed by atoms with Gasteiger partial charge in [-0.05, 0) is 56.1 Å². The lowest BCUT2D eigenvalue weighted by molar-refractivity contribution is 0.598. The molecule has 0 atom stereocenters. The predicted octanol–water partition coefficient (Wildman–Crippen LogP) is 7.25. The molecule has 7 heteroatoms. The summed E-state index contributed by atoms with van der Waals surface area (Å²) in [6.45, 7) is 0. The number of benzene rings is 4. The Hall–Kier alpha value is -2.03. The van der Waals surface area contributed by atoms with E-state index in [1.165, 1.54) is 24.6 Å². The minimum Gasteiger partial charge on any atom is -0.412 e. The van der Waals surface area contributed by atoms with E-state index in [0.717, 1.165) is 11.1 Å². The first-order valence-electron chi connectivity index (χ1n) is 9.17. The molecule has 6 rings (SSSR count). The van der Waals surface area contributed by atoms with E-state index in [1.54, 1.807) is 18.2 Å². The second-order valence-corrected chi connectivity index (χ2v) is 11.4. The molecule has 0 unspecified atom stereocenters. The summed E-state index contributed by atoms with van der Waals surface area (Å²) in [4.78, 5) is 0.785. The van der Waals surface area contributed by atoms with Gasteiger partial charge in [-0.15, -0.1) is 11.3 Å². The maximum absolute atomic E-state index is 12.3. The lowest BCUT2D eigenvalue weighted by Gasteiger charge is -2.00. The Kier molecular flexibility index (Phi) is 6.07. The van der Waals surface area contributed by atoms with Crippen LogP contribution in [0.5, 0.6) is 0 Å². The quantitative estimate of drug-likeness (QED) is 0.191. The SMILES string of the molecule is Brc1cccc2c1sc1ccccc12.O.O=S1(=O)c2ccccc2-c2cccc(Br)c21. The largest absolute Gasteiger partial charge is 0.412 e. The van der Waals surface area contributed by atoms with Crippen molar-refractivity contribution in [2.24, 2.45) is 0 Å². The van der Waals surface area contributed by atoms with E-state index in [1.807, 2.05) is 35.6 Å². The molecular weight excluding hydrogens is 560 g/mol. The summed E-state index contributed by atoms with van der Waals surface area (Å²) in [5.41, 5.74) is 1.57. The third-order valence-electron chi connectivity index (χ3n) is 5.06. The molecular formula is C24H16Br2O3S2. The van der Waals surface area contributed by atoms with Crippen molar-refractivity contribution in [2.45, 2.75) is 9.79 Å². The van der Waals surface area contributed by atoms with Gasteiger partial charge in [0.15, 0.2) is 0 Å². The molecule has 156 valence electrons. The second kappa shape index (κ2) is 8.48. The Morgan fingerprint density at radius 3 is 2.10 bits per heavy atom. The van der Waals surface area contributed by atoms with Crippen LogP contribution in [-0.2, 0) is 9.84 Å². The molecule has 0 spiro atoms. The summed E-state index contributed by atoms with van der Waals surface area (Å²) in [5, 5.41) is 2.70.